The summed E-state index contributed by atoms with van der Waals surface area (Å²) in [5.74, 6) is 2.41. The molecule has 0 saturated carbocycles. The minimum Gasteiger partial charge on any atom is -0.335 e. The number of amides is 1. The highest BCUT2D eigenvalue weighted by molar-refractivity contribution is 7.10. The predicted molar refractivity (Wildman–Crippen MR) is 122 cm³/mol. The fraction of sp³-hybridized carbons (Fsp3) is 0.217. The third-order valence-electron chi connectivity index (χ3n) is 5.18. The molecule has 1 amide bonds. The van der Waals surface area contributed by atoms with E-state index in [1.54, 1.807) is 5.38 Å². The van der Waals surface area contributed by atoms with Crippen molar-refractivity contribution in [2.45, 2.75) is 6.04 Å². The number of nitrogens with zero attached hydrogens (tertiary/aromatic N) is 3. The monoisotopic (exact) mass is 455 g/mol. The Kier molecular flexibility index (Phi) is 6.40. The van der Waals surface area contributed by atoms with Gasteiger partial charge in [0.25, 0.3) is 5.91 Å². The van der Waals surface area contributed by atoms with Crippen molar-refractivity contribution in [3.05, 3.63) is 85.8 Å². The number of aromatic nitrogens is 1. The van der Waals surface area contributed by atoms with E-state index in [2.05, 4.69) is 40.1 Å². The van der Waals surface area contributed by atoms with Gasteiger partial charge < -0.3 is 4.90 Å². The van der Waals surface area contributed by atoms with Gasteiger partial charge in [-0.05, 0) is 41.3 Å². The Hall–Kier alpha value is -2.36. The number of benzene rings is 2. The van der Waals surface area contributed by atoms with Crippen LogP contribution in [0.1, 0.15) is 32.7 Å². The van der Waals surface area contributed by atoms with Gasteiger partial charge in [0.15, 0.2) is 5.01 Å². The van der Waals surface area contributed by atoms with Crippen molar-refractivity contribution >= 4 is 40.4 Å². The van der Waals surface area contributed by atoms with Gasteiger partial charge in [-0.2, -0.15) is 0 Å². The molecule has 152 valence electrons. The summed E-state index contributed by atoms with van der Waals surface area (Å²) in [4.78, 5) is 21.2. The van der Waals surface area contributed by atoms with Crippen LogP contribution in [0.15, 0.2) is 53.9 Å². The van der Waals surface area contributed by atoms with E-state index in [4.69, 9.17) is 29.6 Å². The van der Waals surface area contributed by atoms with E-state index >= 15 is 0 Å². The topological polar surface area (TPSA) is 36.4 Å². The molecular formula is C23H19Cl2N3OS. The Morgan fingerprint density at radius 1 is 0.967 bits per heavy atom. The van der Waals surface area contributed by atoms with Crippen LogP contribution < -0.4 is 0 Å². The molecule has 1 aliphatic rings. The average Bonchev–Trinajstić information content (AvgIpc) is 3.26. The molecule has 0 aliphatic carbocycles. The lowest BCUT2D eigenvalue weighted by Gasteiger charge is -2.39. The second kappa shape index (κ2) is 9.20. The fourth-order valence-electron chi connectivity index (χ4n) is 3.69. The summed E-state index contributed by atoms with van der Waals surface area (Å²) in [6.45, 7) is 2.74. The molecule has 0 radical (unpaired) electrons. The van der Waals surface area contributed by atoms with Crippen LogP contribution in [-0.4, -0.2) is 46.9 Å². The molecule has 0 bridgehead atoms. The van der Waals surface area contributed by atoms with E-state index in [0.717, 1.165) is 24.2 Å². The molecular weight excluding hydrogens is 437 g/mol. The Bertz CT molecular complexity index is 1020. The third-order valence-corrected chi connectivity index (χ3v) is 6.46. The van der Waals surface area contributed by atoms with Gasteiger partial charge in [-0.1, -0.05) is 47.5 Å². The van der Waals surface area contributed by atoms with E-state index in [1.807, 2.05) is 29.2 Å². The van der Waals surface area contributed by atoms with Crippen LogP contribution in [0, 0.1) is 12.3 Å². The summed E-state index contributed by atoms with van der Waals surface area (Å²) >= 11 is 13.5. The zero-order valence-corrected chi connectivity index (χ0v) is 18.4. The van der Waals surface area contributed by atoms with Gasteiger partial charge in [-0.3, -0.25) is 9.69 Å². The van der Waals surface area contributed by atoms with Gasteiger partial charge in [0.2, 0.25) is 0 Å². The van der Waals surface area contributed by atoms with Crippen molar-refractivity contribution in [3.63, 3.8) is 0 Å². The quantitative estimate of drug-likeness (QED) is 0.520. The highest BCUT2D eigenvalue weighted by Crippen LogP contribution is 2.31. The van der Waals surface area contributed by atoms with Crippen molar-refractivity contribution in [2.75, 3.05) is 26.2 Å². The van der Waals surface area contributed by atoms with Gasteiger partial charge in [0.05, 0.1) is 6.04 Å². The standard InChI is InChI=1S/C23H19Cl2N3OS/c1-2-21-26-20(15-30-21)23(29)28-13-11-27(12-14-28)22(16-3-7-18(24)8-4-16)17-5-9-19(25)10-6-17/h1,3-10,15,22H,11-14H2. The Morgan fingerprint density at radius 3 is 1.97 bits per heavy atom. The molecule has 4 rings (SSSR count). The molecule has 1 fully saturated rings. The first-order valence-corrected chi connectivity index (χ1v) is 11.1. The summed E-state index contributed by atoms with van der Waals surface area (Å²) < 4.78 is 0. The van der Waals surface area contributed by atoms with Crippen molar-refractivity contribution < 1.29 is 4.79 Å². The van der Waals surface area contributed by atoms with Crippen LogP contribution in [-0.2, 0) is 0 Å². The van der Waals surface area contributed by atoms with E-state index in [-0.39, 0.29) is 11.9 Å². The number of terminal acetylenes is 1. The van der Waals surface area contributed by atoms with Gasteiger partial charge in [0.1, 0.15) is 5.69 Å². The van der Waals surface area contributed by atoms with Gasteiger partial charge in [-0.15, -0.1) is 17.8 Å². The van der Waals surface area contributed by atoms with Crippen molar-refractivity contribution in [3.8, 4) is 12.3 Å². The SMILES string of the molecule is C#Cc1nc(C(=O)N2CCN(C(c3ccc(Cl)cc3)c3ccc(Cl)cc3)CC2)cs1. The zero-order valence-electron chi connectivity index (χ0n) is 16.1. The van der Waals surface area contributed by atoms with Crippen molar-refractivity contribution in [2.24, 2.45) is 0 Å². The lowest BCUT2D eigenvalue weighted by molar-refractivity contribution is 0.0592. The number of carbonyl (C=O) groups is 1. The molecule has 30 heavy (non-hydrogen) atoms. The highest BCUT2D eigenvalue weighted by Gasteiger charge is 2.29. The van der Waals surface area contributed by atoms with Crippen LogP contribution in [0.3, 0.4) is 0 Å². The normalized spacial score (nSPS) is 14.7. The van der Waals surface area contributed by atoms with Crippen LogP contribution >= 0.6 is 34.5 Å². The maximum Gasteiger partial charge on any atom is 0.273 e. The van der Waals surface area contributed by atoms with Crippen LogP contribution in [0.4, 0.5) is 0 Å². The fourth-order valence-corrected chi connectivity index (χ4v) is 4.54. The molecule has 0 unspecified atom stereocenters. The maximum atomic E-state index is 12.8. The lowest BCUT2D eigenvalue weighted by atomic mass is 9.96. The van der Waals surface area contributed by atoms with Crippen LogP contribution in [0.5, 0.6) is 0 Å². The minimum atomic E-state index is -0.0677. The van der Waals surface area contributed by atoms with Crippen molar-refractivity contribution in [1.82, 2.24) is 14.8 Å². The van der Waals surface area contributed by atoms with Crippen LogP contribution in [0.25, 0.3) is 0 Å². The first-order valence-electron chi connectivity index (χ1n) is 9.51. The van der Waals surface area contributed by atoms with Gasteiger partial charge >= 0.3 is 0 Å². The number of halogens is 2. The number of hydrogen-bond donors (Lipinski definition) is 0. The third kappa shape index (κ3) is 4.53. The lowest BCUT2D eigenvalue weighted by Crippen LogP contribution is -2.50. The molecule has 0 spiro atoms. The van der Waals surface area contributed by atoms with E-state index in [9.17, 15) is 4.79 Å². The van der Waals surface area contributed by atoms with E-state index in [0.29, 0.717) is 33.8 Å². The van der Waals surface area contributed by atoms with E-state index in [1.165, 1.54) is 11.3 Å². The van der Waals surface area contributed by atoms with Crippen molar-refractivity contribution in [1.29, 1.82) is 0 Å². The Morgan fingerprint density at radius 2 is 1.50 bits per heavy atom. The molecule has 7 heteroatoms. The number of hydrogen-bond acceptors (Lipinski definition) is 4. The van der Waals surface area contributed by atoms with E-state index < -0.39 is 0 Å². The van der Waals surface area contributed by atoms with Gasteiger partial charge in [-0.25, -0.2) is 4.98 Å². The smallest absolute Gasteiger partial charge is 0.273 e. The second-order valence-electron chi connectivity index (χ2n) is 7.02. The molecule has 0 atom stereocenters. The summed E-state index contributed by atoms with van der Waals surface area (Å²) in [6, 6.07) is 15.9. The molecule has 1 aromatic heterocycles. The number of piperazine rings is 1. The summed E-state index contributed by atoms with van der Waals surface area (Å²) in [6.07, 6.45) is 5.37. The molecule has 1 saturated heterocycles. The van der Waals surface area contributed by atoms with Gasteiger partial charge in [0, 0.05) is 41.6 Å². The summed E-state index contributed by atoms with van der Waals surface area (Å²) in [5, 5.41) is 3.67. The highest BCUT2D eigenvalue weighted by atomic mass is 35.5. The Balaban J connectivity index is 1.53. The number of carbonyl (C=O) groups excluding carboxylic acids is 1. The molecule has 2 aromatic carbocycles. The molecule has 0 N–H and O–H groups in total. The van der Waals surface area contributed by atoms with Crippen LogP contribution in [0.2, 0.25) is 10.0 Å². The molecule has 3 aromatic rings. The summed E-state index contributed by atoms with van der Waals surface area (Å²) in [5.41, 5.74) is 2.73. The summed E-state index contributed by atoms with van der Waals surface area (Å²) in [7, 11) is 0. The number of rotatable bonds is 4. The average molecular weight is 456 g/mol. The molecule has 4 nitrogen and oxygen atoms in total. The number of thiazole rings is 1. The Labute approximate surface area is 190 Å². The first-order chi connectivity index (χ1) is 14.5. The minimum absolute atomic E-state index is 0.0594. The second-order valence-corrected chi connectivity index (χ2v) is 8.75. The predicted octanol–water partition coefficient (Wildman–Crippen LogP) is 4.98. The zero-order chi connectivity index (χ0) is 21.1. The molecule has 1 aliphatic heterocycles. The first kappa shape index (κ1) is 20.9. The molecule has 2 heterocycles. The largest absolute Gasteiger partial charge is 0.335 e. The maximum absolute atomic E-state index is 12.8.